The smallest absolute Gasteiger partial charge is 0.416 e. The average Bonchev–Trinajstić information content (AvgIpc) is 3.08. The minimum atomic E-state index is -4.76. The molecule has 0 bridgehead atoms. The summed E-state index contributed by atoms with van der Waals surface area (Å²) in [6, 6.07) is 2.97. The van der Waals surface area contributed by atoms with Gasteiger partial charge in [0.05, 0.1) is 5.56 Å². The van der Waals surface area contributed by atoms with E-state index in [4.69, 9.17) is 5.11 Å². The number of carbonyl (C=O) groups excluding carboxylic acids is 1. The Morgan fingerprint density at radius 2 is 1.93 bits per heavy atom. The van der Waals surface area contributed by atoms with Gasteiger partial charge in [0.15, 0.2) is 5.65 Å². The lowest BCUT2D eigenvalue weighted by Gasteiger charge is -2.12. The van der Waals surface area contributed by atoms with E-state index >= 15 is 0 Å². The Labute approximate surface area is 163 Å². The third kappa shape index (κ3) is 4.39. The van der Waals surface area contributed by atoms with Crippen LogP contribution in [0.3, 0.4) is 0 Å². The van der Waals surface area contributed by atoms with Gasteiger partial charge < -0.3 is 15.5 Å². The molecule has 2 aromatic heterocycles. The first-order valence-corrected chi connectivity index (χ1v) is 8.49. The van der Waals surface area contributed by atoms with Gasteiger partial charge in [-0.3, -0.25) is 9.59 Å². The molecule has 0 radical (unpaired) electrons. The van der Waals surface area contributed by atoms with Crippen LogP contribution in [0.2, 0.25) is 0 Å². The van der Waals surface area contributed by atoms with E-state index in [0.717, 1.165) is 29.0 Å². The van der Waals surface area contributed by atoms with Gasteiger partial charge in [0.2, 0.25) is 0 Å². The quantitative estimate of drug-likeness (QED) is 0.533. The molecule has 0 spiro atoms. The lowest BCUT2D eigenvalue weighted by Crippen LogP contribution is -2.29. The van der Waals surface area contributed by atoms with Crippen molar-refractivity contribution in [2.45, 2.75) is 16.1 Å². The molecule has 0 saturated carbocycles. The second-order valence-electron chi connectivity index (χ2n) is 5.59. The van der Waals surface area contributed by atoms with Crippen molar-refractivity contribution in [3.8, 4) is 5.75 Å². The van der Waals surface area contributed by atoms with Crippen LogP contribution in [-0.2, 0) is 11.0 Å². The number of halogens is 4. The number of aliphatic carboxylic acids is 1. The number of carboxylic acids is 1. The molecule has 1 amide bonds. The van der Waals surface area contributed by atoms with Crippen LogP contribution < -0.4 is 5.32 Å². The Kier molecular flexibility index (Phi) is 5.33. The van der Waals surface area contributed by atoms with Crippen LogP contribution in [0.4, 0.5) is 17.6 Å². The van der Waals surface area contributed by atoms with E-state index in [2.05, 4.69) is 15.4 Å². The molecule has 0 aliphatic carbocycles. The number of fused-ring (bicyclic) bond motifs is 1. The number of carboxylic acid groups (broad SMARTS) is 1. The van der Waals surface area contributed by atoms with Gasteiger partial charge in [0, 0.05) is 11.0 Å². The molecule has 0 atom stereocenters. The fourth-order valence-corrected chi connectivity index (χ4v) is 3.37. The zero-order valence-electron chi connectivity index (χ0n) is 14.1. The van der Waals surface area contributed by atoms with E-state index in [1.54, 1.807) is 0 Å². The van der Waals surface area contributed by atoms with Crippen molar-refractivity contribution in [3.63, 3.8) is 0 Å². The van der Waals surface area contributed by atoms with E-state index < -0.39 is 41.7 Å². The normalized spacial score (nSPS) is 11.6. The number of nitrogens with one attached hydrogen (secondary N) is 1. The van der Waals surface area contributed by atoms with Gasteiger partial charge in [-0.2, -0.15) is 18.3 Å². The summed E-state index contributed by atoms with van der Waals surface area (Å²) in [4.78, 5) is 26.4. The number of hydrogen-bond acceptors (Lipinski definition) is 6. The number of nitrogens with zero attached hydrogens (tertiary/aromatic N) is 3. The molecule has 8 nitrogen and oxygen atoms in total. The Bertz CT molecular complexity index is 1120. The fraction of sp³-hybridized carbons (Fsp3) is 0.125. The SMILES string of the molecule is O=C(O)CNC(=O)c1c(O)cc(Sc2cc(F)cc(C(F)(F)F)c2)n2ncnc12. The van der Waals surface area contributed by atoms with Gasteiger partial charge in [-0.25, -0.2) is 13.9 Å². The first-order valence-electron chi connectivity index (χ1n) is 7.67. The fourth-order valence-electron chi connectivity index (χ4n) is 2.38. The third-order valence-corrected chi connectivity index (χ3v) is 4.52. The summed E-state index contributed by atoms with van der Waals surface area (Å²) in [5, 5.41) is 24.8. The standard InChI is InChI=1S/C16H10F4N4O4S/c17-8-1-7(16(18,19)20)2-9(3-8)29-11-4-10(25)13(14-22-6-23-24(11)14)15(28)21-5-12(26)27/h1-4,6,25H,5H2,(H,21,28)(H,26,27). The molecule has 3 aromatic rings. The van der Waals surface area contributed by atoms with Crippen LogP contribution in [0, 0.1) is 5.82 Å². The van der Waals surface area contributed by atoms with Gasteiger partial charge in [-0.1, -0.05) is 11.8 Å². The van der Waals surface area contributed by atoms with Crippen molar-refractivity contribution >= 4 is 29.3 Å². The molecule has 29 heavy (non-hydrogen) atoms. The van der Waals surface area contributed by atoms with Crippen LogP contribution in [0.15, 0.2) is 40.5 Å². The molecule has 3 N–H and O–H groups in total. The first-order chi connectivity index (χ1) is 13.6. The number of amides is 1. The Morgan fingerprint density at radius 1 is 1.21 bits per heavy atom. The summed E-state index contributed by atoms with van der Waals surface area (Å²) in [7, 11) is 0. The van der Waals surface area contributed by atoms with Crippen molar-refractivity contribution in [2.75, 3.05) is 6.54 Å². The molecule has 0 unspecified atom stereocenters. The van der Waals surface area contributed by atoms with Crippen LogP contribution in [0.1, 0.15) is 15.9 Å². The van der Waals surface area contributed by atoms with Gasteiger partial charge >= 0.3 is 12.1 Å². The molecule has 0 saturated heterocycles. The highest BCUT2D eigenvalue weighted by molar-refractivity contribution is 7.99. The number of aromatic hydroxyl groups is 1. The highest BCUT2D eigenvalue weighted by Crippen LogP contribution is 2.37. The zero-order chi connectivity index (χ0) is 21.3. The Balaban J connectivity index is 2.02. The van der Waals surface area contributed by atoms with Crippen LogP contribution in [0.5, 0.6) is 5.75 Å². The number of alkyl halides is 3. The summed E-state index contributed by atoms with van der Waals surface area (Å²) < 4.78 is 53.4. The predicted octanol–water partition coefficient (Wildman–Crippen LogP) is 2.56. The second-order valence-corrected chi connectivity index (χ2v) is 6.68. The molecule has 2 heterocycles. The van der Waals surface area contributed by atoms with Crippen molar-refractivity contribution in [3.05, 3.63) is 47.5 Å². The molecular weight excluding hydrogens is 420 g/mol. The van der Waals surface area contributed by atoms with Crippen molar-refractivity contribution in [1.82, 2.24) is 19.9 Å². The minimum Gasteiger partial charge on any atom is -0.507 e. The van der Waals surface area contributed by atoms with Gasteiger partial charge in [-0.05, 0) is 18.2 Å². The Hall–Kier alpha value is -3.35. The van der Waals surface area contributed by atoms with E-state index in [0.29, 0.717) is 17.8 Å². The van der Waals surface area contributed by atoms with Gasteiger partial charge in [-0.15, -0.1) is 0 Å². The van der Waals surface area contributed by atoms with E-state index in [1.807, 2.05) is 0 Å². The van der Waals surface area contributed by atoms with Crippen molar-refractivity contribution < 1.29 is 37.4 Å². The summed E-state index contributed by atoms with van der Waals surface area (Å²) in [6.07, 6.45) is -3.73. The highest BCUT2D eigenvalue weighted by Gasteiger charge is 2.31. The van der Waals surface area contributed by atoms with Crippen molar-refractivity contribution in [2.24, 2.45) is 0 Å². The highest BCUT2D eigenvalue weighted by atomic mass is 32.2. The van der Waals surface area contributed by atoms with Crippen LogP contribution >= 0.6 is 11.8 Å². The molecule has 3 rings (SSSR count). The molecule has 152 valence electrons. The molecule has 0 aliphatic heterocycles. The van der Waals surface area contributed by atoms with Crippen LogP contribution in [0.25, 0.3) is 5.65 Å². The van der Waals surface area contributed by atoms with Crippen LogP contribution in [-0.4, -0.2) is 43.2 Å². The number of rotatable bonds is 5. The summed E-state index contributed by atoms with van der Waals surface area (Å²) in [5.74, 6) is -3.96. The molecular formula is C16H10F4N4O4S. The van der Waals surface area contributed by atoms with Crippen molar-refractivity contribution in [1.29, 1.82) is 0 Å². The average molecular weight is 430 g/mol. The van der Waals surface area contributed by atoms with Gasteiger partial charge in [0.25, 0.3) is 5.91 Å². The number of benzene rings is 1. The maximum absolute atomic E-state index is 13.6. The largest absolute Gasteiger partial charge is 0.507 e. The summed E-state index contributed by atoms with van der Waals surface area (Å²) >= 11 is 0.654. The molecule has 13 heteroatoms. The zero-order valence-corrected chi connectivity index (χ0v) is 14.9. The topological polar surface area (TPSA) is 117 Å². The third-order valence-electron chi connectivity index (χ3n) is 3.54. The lowest BCUT2D eigenvalue weighted by atomic mass is 10.2. The van der Waals surface area contributed by atoms with Gasteiger partial charge in [0.1, 0.15) is 35.0 Å². The maximum Gasteiger partial charge on any atom is 0.416 e. The Morgan fingerprint density at radius 3 is 2.59 bits per heavy atom. The van der Waals surface area contributed by atoms with E-state index in [1.165, 1.54) is 0 Å². The monoisotopic (exact) mass is 430 g/mol. The summed E-state index contributed by atoms with van der Waals surface area (Å²) in [6.45, 7) is -0.710. The molecule has 0 aliphatic rings. The maximum atomic E-state index is 13.6. The first kappa shape index (κ1) is 20.4. The number of carbonyl (C=O) groups is 2. The predicted molar refractivity (Wildman–Crippen MR) is 90.1 cm³/mol. The molecule has 1 aromatic carbocycles. The second kappa shape index (κ2) is 7.58. The van der Waals surface area contributed by atoms with E-state index in [9.17, 15) is 32.3 Å². The number of hydrogen-bond donors (Lipinski definition) is 3. The molecule has 0 fully saturated rings. The number of aromatic nitrogens is 3. The lowest BCUT2D eigenvalue weighted by molar-refractivity contribution is -0.138. The van der Waals surface area contributed by atoms with E-state index in [-0.39, 0.29) is 21.1 Å². The minimum absolute atomic E-state index is 0.0449. The summed E-state index contributed by atoms with van der Waals surface area (Å²) in [5.41, 5.74) is -1.73. The number of pyridine rings is 1.